The quantitative estimate of drug-likeness (QED) is 0.812. The highest BCUT2D eigenvalue weighted by molar-refractivity contribution is 5.83. The van der Waals surface area contributed by atoms with Crippen LogP contribution in [0.25, 0.3) is 0 Å². The fourth-order valence-electron chi connectivity index (χ4n) is 5.53. The van der Waals surface area contributed by atoms with E-state index in [0.717, 1.165) is 43.7 Å². The lowest BCUT2D eigenvalue weighted by Gasteiger charge is -2.56. The summed E-state index contributed by atoms with van der Waals surface area (Å²) in [4.78, 5) is 15.3. The molecule has 4 aliphatic rings. The highest BCUT2D eigenvalue weighted by Crippen LogP contribution is 2.60. The van der Waals surface area contributed by atoms with Gasteiger partial charge in [-0.15, -0.1) is 0 Å². The van der Waals surface area contributed by atoms with Gasteiger partial charge in [0.15, 0.2) is 0 Å². The van der Waals surface area contributed by atoms with E-state index in [1.165, 1.54) is 38.5 Å². The molecule has 1 amide bonds. The average molecular weight is 278 g/mol. The van der Waals surface area contributed by atoms with Gasteiger partial charge >= 0.3 is 0 Å². The lowest BCUT2D eigenvalue weighted by Crippen LogP contribution is -2.55. The number of unbranched alkanes of at least 4 members (excludes halogenated alkanes) is 1. The van der Waals surface area contributed by atoms with Crippen molar-refractivity contribution in [1.82, 2.24) is 4.90 Å². The molecule has 0 spiro atoms. The Balaban J connectivity index is 1.74. The fraction of sp³-hybridized carbons (Fsp3) is 0.941. The highest BCUT2D eigenvalue weighted by Gasteiger charge is 2.55. The van der Waals surface area contributed by atoms with Gasteiger partial charge in [-0.05, 0) is 62.7 Å². The van der Waals surface area contributed by atoms with E-state index in [1.807, 2.05) is 0 Å². The zero-order valence-corrected chi connectivity index (χ0v) is 12.9. The smallest absolute Gasteiger partial charge is 0.228 e. The lowest BCUT2D eigenvalue weighted by molar-refractivity contribution is -0.157. The summed E-state index contributed by atoms with van der Waals surface area (Å²) in [6.07, 6.45) is 9.98. The Kier molecular flexibility index (Phi) is 4.07. The highest BCUT2D eigenvalue weighted by atomic mass is 16.2. The maximum Gasteiger partial charge on any atom is 0.228 e. The van der Waals surface area contributed by atoms with Gasteiger partial charge in [-0.3, -0.25) is 4.79 Å². The molecule has 0 aromatic heterocycles. The summed E-state index contributed by atoms with van der Waals surface area (Å²) < 4.78 is 0. The molecule has 4 aliphatic carbocycles. The van der Waals surface area contributed by atoms with Gasteiger partial charge in [-0.25, -0.2) is 0 Å². The number of hydrogen-bond acceptors (Lipinski definition) is 2. The molecular formula is C17H30N2O. The predicted molar refractivity (Wildman–Crippen MR) is 81.1 cm³/mol. The van der Waals surface area contributed by atoms with Crippen molar-refractivity contribution < 1.29 is 4.79 Å². The van der Waals surface area contributed by atoms with Crippen molar-refractivity contribution in [3.63, 3.8) is 0 Å². The van der Waals surface area contributed by atoms with E-state index in [2.05, 4.69) is 11.8 Å². The summed E-state index contributed by atoms with van der Waals surface area (Å²) in [5.41, 5.74) is 5.75. The first kappa shape index (κ1) is 14.4. The number of rotatable bonds is 6. The molecule has 0 saturated heterocycles. The van der Waals surface area contributed by atoms with Crippen molar-refractivity contribution in [2.45, 2.75) is 58.3 Å². The molecule has 3 heteroatoms. The molecule has 114 valence electrons. The maximum absolute atomic E-state index is 13.2. The van der Waals surface area contributed by atoms with Crippen molar-refractivity contribution in [3.8, 4) is 0 Å². The second-order valence-electron chi connectivity index (χ2n) is 7.63. The van der Waals surface area contributed by atoms with Gasteiger partial charge < -0.3 is 10.6 Å². The standard InChI is InChI=1S/C17H30N2O/c1-2-3-5-19(6-4-18)16(20)17-10-13-7-14(11-17)9-15(8-13)12-17/h13-15H,2-12,18H2,1H3. The summed E-state index contributed by atoms with van der Waals surface area (Å²) in [6.45, 7) is 4.45. The summed E-state index contributed by atoms with van der Waals surface area (Å²) in [5, 5.41) is 0. The molecule has 4 fully saturated rings. The number of nitrogens with two attached hydrogens (primary N) is 1. The fourth-order valence-corrected chi connectivity index (χ4v) is 5.53. The zero-order chi connectivity index (χ0) is 14.2. The van der Waals surface area contributed by atoms with Crippen LogP contribution >= 0.6 is 0 Å². The molecule has 2 N–H and O–H groups in total. The van der Waals surface area contributed by atoms with E-state index >= 15 is 0 Å². The topological polar surface area (TPSA) is 46.3 Å². The summed E-state index contributed by atoms with van der Waals surface area (Å²) in [5.74, 6) is 2.99. The molecule has 20 heavy (non-hydrogen) atoms. The summed E-state index contributed by atoms with van der Waals surface area (Å²) >= 11 is 0. The van der Waals surface area contributed by atoms with E-state index in [9.17, 15) is 4.79 Å². The molecule has 4 bridgehead atoms. The minimum atomic E-state index is 0.0116. The van der Waals surface area contributed by atoms with Crippen molar-refractivity contribution in [2.75, 3.05) is 19.6 Å². The number of hydrogen-bond donors (Lipinski definition) is 1. The summed E-state index contributed by atoms with van der Waals surface area (Å²) in [6, 6.07) is 0. The van der Waals surface area contributed by atoms with Gasteiger partial charge in [-0.1, -0.05) is 13.3 Å². The first-order valence-corrected chi connectivity index (χ1v) is 8.66. The van der Waals surface area contributed by atoms with E-state index in [4.69, 9.17) is 5.73 Å². The molecule has 4 saturated carbocycles. The number of nitrogens with zero attached hydrogens (tertiary/aromatic N) is 1. The molecule has 0 radical (unpaired) electrons. The molecule has 0 unspecified atom stereocenters. The monoisotopic (exact) mass is 278 g/mol. The van der Waals surface area contributed by atoms with Gasteiger partial charge in [0.1, 0.15) is 0 Å². The van der Waals surface area contributed by atoms with Crippen molar-refractivity contribution in [1.29, 1.82) is 0 Å². The van der Waals surface area contributed by atoms with Gasteiger partial charge in [0.05, 0.1) is 5.41 Å². The number of carbonyl (C=O) groups excluding carboxylic acids is 1. The van der Waals surface area contributed by atoms with Crippen LogP contribution in [0.5, 0.6) is 0 Å². The molecule has 0 heterocycles. The largest absolute Gasteiger partial charge is 0.341 e. The van der Waals surface area contributed by atoms with Crippen LogP contribution in [0.1, 0.15) is 58.3 Å². The number of amides is 1. The van der Waals surface area contributed by atoms with E-state index < -0.39 is 0 Å². The Morgan fingerprint density at radius 3 is 2.10 bits per heavy atom. The molecule has 0 aliphatic heterocycles. The Labute approximate surface area is 123 Å². The lowest BCUT2D eigenvalue weighted by atomic mass is 9.49. The SMILES string of the molecule is CCCCN(CCN)C(=O)C12CC3CC(CC(C3)C1)C2. The second-order valence-corrected chi connectivity index (χ2v) is 7.63. The van der Waals surface area contributed by atoms with Crippen LogP contribution in [0.3, 0.4) is 0 Å². The molecule has 0 atom stereocenters. The maximum atomic E-state index is 13.2. The third-order valence-corrected chi connectivity index (χ3v) is 5.96. The summed E-state index contributed by atoms with van der Waals surface area (Å²) in [7, 11) is 0. The first-order valence-electron chi connectivity index (χ1n) is 8.66. The third-order valence-electron chi connectivity index (χ3n) is 5.96. The van der Waals surface area contributed by atoms with Crippen LogP contribution in [-0.4, -0.2) is 30.4 Å². The van der Waals surface area contributed by atoms with Crippen molar-refractivity contribution in [3.05, 3.63) is 0 Å². The average Bonchev–Trinajstić information content (AvgIpc) is 2.41. The third kappa shape index (κ3) is 2.49. The van der Waals surface area contributed by atoms with Crippen LogP contribution in [0, 0.1) is 23.2 Å². The van der Waals surface area contributed by atoms with Crippen LogP contribution in [0.15, 0.2) is 0 Å². The Hall–Kier alpha value is -0.570. The van der Waals surface area contributed by atoms with Crippen LogP contribution < -0.4 is 5.73 Å². The Morgan fingerprint density at radius 2 is 1.65 bits per heavy atom. The van der Waals surface area contributed by atoms with Crippen LogP contribution in [0.4, 0.5) is 0 Å². The zero-order valence-electron chi connectivity index (χ0n) is 12.9. The molecule has 3 nitrogen and oxygen atoms in total. The molecule has 0 aromatic rings. The van der Waals surface area contributed by atoms with E-state index in [0.29, 0.717) is 12.5 Å². The molecule has 4 rings (SSSR count). The normalized spacial score (nSPS) is 38.2. The van der Waals surface area contributed by atoms with Gasteiger partial charge in [0.25, 0.3) is 0 Å². The van der Waals surface area contributed by atoms with Crippen molar-refractivity contribution in [2.24, 2.45) is 28.9 Å². The van der Waals surface area contributed by atoms with Crippen LogP contribution in [-0.2, 0) is 4.79 Å². The molecule has 0 aromatic carbocycles. The minimum absolute atomic E-state index is 0.0116. The minimum Gasteiger partial charge on any atom is -0.341 e. The first-order chi connectivity index (χ1) is 9.66. The number of carbonyl (C=O) groups is 1. The predicted octanol–water partition coefficient (Wildman–Crippen LogP) is 2.79. The Bertz CT molecular complexity index is 331. The van der Waals surface area contributed by atoms with Crippen LogP contribution in [0.2, 0.25) is 0 Å². The molecular weight excluding hydrogens is 248 g/mol. The van der Waals surface area contributed by atoms with Gasteiger partial charge in [-0.2, -0.15) is 0 Å². The van der Waals surface area contributed by atoms with Crippen molar-refractivity contribution >= 4 is 5.91 Å². The van der Waals surface area contributed by atoms with E-state index in [1.54, 1.807) is 0 Å². The van der Waals surface area contributed by atoms with E-state index in [-0.39, 0.29) is 5.41 Å². The second kappa shape index (κ2) is 5.67. The van der Waals surface area contributed by atoms with Gasteiger partial charge in [0, 0.05) is 19.6 Å². The van der Waals surface area contributed by atoms with Gasteiger partial charge in [0.2, 0.25) is 5.91 Å². The Morgan fingerprint density at radius 1 is 1.10 bits per heavy atom.